The van der Waals surface area contributed by atoms with Gasteiger partial charge in [0.05, 0.1) is 4.88 Å². The molecule has 6 heteroatoms. The summed E-state index contributed by atoms with van der Waals surface area (Å²) < 4.78 is 0. The number of hydrogen-bond donors (Lipinski definition) is 2. The van der Waals surface area contributed by atoms with Crippen molar-refractivity contribution in [2.45, 2.75) is 27.2 Å². The fourth-order valence-corrected chi connectivity index (χ4v) is 4.51. The van der Waals surface area contributed by atoms with Crippen LogP contribution in [0.1, 0.15) is 47.5 Å². The van der Waals surface area contributed by atoms with Gasteiger partial charge >= 0.3 is 0 Å². The summed E-state index contributed by atoms with van der Waals surface area (Å²) in [7, 11) is 0. The number of hydrogen-bond acceptors (Lipinski definition) is 4. The van der Waals surface area contributed by atoms with Crippen molar-refractivity contribution in [2.75, 3.05) is 4.90 Å². The molecule has 2 aromatic heterocycles. The van der Waals surface area contributed by atoms with Crippen LogP contribution in [-0.4, -0.2) is 16.7 Å². The molecule has 0 aliphatic heterocycles. The van der Waals surface area contributed by atoms with Crippen LogP contribution in [0.2, 0.25) is 5.02 Å². The van der Waals surface area contributed by atoms with E-state index in [-0.39, 0.29) is 5.84 Å². The number of thiophene rings is 1. The maximum absolute atomic E-state index is 8.45. The van der Waals surface area contributed by atoms with Gasteiger partial charge in [0.1, 0.15) is 22.4 Å². The quantitative estimate of drug-likeness (QED) is 0.264. The van der Waals surface area contributed by atoms with Crippen LogP contribution < -0.4 is 4.90 Å². The van der Waals surface area contributed by atoms with Gasteiger partial charge in [0.2, 0.25) is 0 Å². The van der Waals surface area contributed by atoms with Crippen molar-refractivity contribution in [3.05, 3.63) is 87.5 Å². The molecule has 0 saturated heterocycles. The van der Waals surface area contributed by atoms with E-state index in [1.54, 1.807) is 18.0 Å². The van der Waals surface area contributed by atoms with Crippen molar-refractivity contribution in [3.63, 3.8) is 0 Å². The maximum Gasteiger partial charge on any atom is 0.113 e. The molecule has 0 atom stereocenters. The minimum Gasteiger partial charge on any atom is -0.288 e. The summed E-state index contributed by atoms with van der Waals surface area (Å²) in [6, 6.07) is 13.1. The van der Waals surface area contributed by atoms with Gasteiger partial charge in [0, 0.05) is 23.2 Å². The van der Waals surface area contributed by atoms with Gasteiger partial charge in [-0.15, -0.1) is 11.3 Å². The molecule has 2 N–H and O–H groups in total. The van der Waals surface area contributed by atoms with Gasteiger partial charge in [0.15, 0.2) is 0 Å². The second-order valence-corrected chi connectivity index (χ2v) is 8.34. The first-order valence-electron chi connectivity index (χ1n) is 9.77. The average molecular weight is 447 g/mol. The fraction of sp³-hybridized carbons (Fsp3) is 0.160. The molecular weight excluding hydrogens is 424 g/mol. The van der Waals surface area contributed by atoms with E-state index in [2.05, 4.69) is 23.4 Å². The zero-order valence-corrected chi connectivity index (χ0v) is 19.3. The van der Waals surface area contributed by atoms with Gasteiger partial charge in [-0.3, -0.25) is 15.7 Å². The number of rotatable bonds is 4. The second kappa shape index (κ2) is 9.74. The Morgan fingerprint density at radius 3 is 2.45 bits per heavy atom. The molecule has 2 heterocycles. The van der Waals surface area contributed by atoms with Crippen LogP contribution in [0.4, 0.5) is 5.00 Å². The number of benzene rings is 1. The fourth-order valence-electron chi connectivity index (χ4n) is 3.12. The van der Waals surface area contributed by atoms with E-state index in [1.165, 1.54) is 11.3 Å². The third kappa shape index (κ3) is 4.93. The molecule has 0 bridgehead atoms. The average Bonchev–Trinajstić information content (AvgIpc) is 3.08. The molecule has 0 fully saturated rings. The van der Waals surface area contributed by atoms with Gasteiger partial charge in [0.25, 0.3) is 0 Å². The highest BCUT2D eigenvalue weighted by Crippen LogP contribution is 2.42. The van der Waals surface area contributed by atoms with Gasteiger partial charge in [-0.1, -0.05) is 43.3 Å². The smallest absolute Gasteiger partial charge is 0.113 e. The third-order valence-electron chi connectivity index (χ3n) is 4.73. The molecule has 3 rings (SSSR count). The maximum atomic E-state index is 8.45. The Morgan fingerprint density at radius 2 is 1.87 bits per heavy atom. The summed E-state index contributed by atoms with van der Waals surface area (Å²) in [6.45, 7) is 9.94. The summed E-state index contributed by atoms with van der Waals surface area (Å²) in [6.07, 6.45) is 2.22. The van der Waals surface area contributed by atoms with E-state index in [0.29, 0.717) is 23.0 Å². The molecule has 0 unspecified atom stereocenters. The van der Waals surface area contributed by atoms with Crippen molar-refractivity contribution in [1.82, 2.24) is 4.98 Å². The van der Waals surface area contributed by atoms with Crippen LogP contribution in [-0.2, 0) is 0 Å². The Hall–Kier alpha value is -3.20. The summed E-state index contributed by atoms with van der Waals surface area (Å²) in [5, 5.41) is 18.2. The molecule has 4 nitrogen and oxygen atoms in total. The first kappa shape index (κ1) is 22.5. The normalized spacial score (nSPS) is 10.2. The molecule has 31 heavy (non-hydrogen) atoms. The summed E-state index contributed by atoms with van der Waals surface area (Å²) in [5.74, 6) is 6.98. The lowest BCUT2D eigenvalue weighted by Gasteiger charge is -2.24. The van der Waals surface area contributed by atoms with E-state index in [0.717, 1.165) is 32.1 Å². The lowest BCUT2D eigenvalue weighted by atomic mass is 9.97. The predicted octanol–water partition coefficient (Wildman–Crippen LogP) is 6.76. The zero-order valence-electron chi connectivity index (χ0n) is 17.7. The van der Waals surface area contributed by atoms with Crippen LogP contribution in [0, 0.1) is 29.6 Å². The van der Waals surface area contributed by atoms with E-state index >= 15 is 0 Å². The summed E-state index contributed by atoms with van der Waals surface area (Å²) in [5.41, 5.74) is 4.29. The highest BCUT2D eigenvalue weighted by molar-refractivity contribution is 7.17. The van der Waals surface area contributed by atoms with Crippen molar-refractivity contribution in [1.29, 1.82) is 10.8 Å². The molecule has 3 aromatic rings. The first-order chi connectivity index (χ1) is 14.8. The number of anilines is 1. The summed E-state index contributed by atoms with van der Waals surface area (Å²) >= 11 is 7.53. The monoisotopic (exact) mass is 446 g/mol. The topological polar surface area (TPSA) is 63.8 Å². The molecule has 0 aliphatic carbocycles. The molecule has 0 aliphatic rings. The Bertz CT molecular complexity index is 1200. The van der Waals surface area contributed by atoms with Crippen LogP contribution >= 0.6 is 22.9 Å². The van der Waals surface area contributed by atoms with Crippen LogP contribution in [0.5, 0.6) is 0 Å². The van der Waals surface area contributed by atoms with E-state index in [4.69, 9.17) is 22.4 Å². The number of amidine groups is 2. The SMILES string of the molecule is C=C(c1ccc(Cl)cc1)c1c(N(C(C)=N)C(=N)CC)sc(C#Cc2ccccn2)c1C. The van der Waals surface area contributed by atoms with E-state index in [9.17, 15) is 0 Å². The largest absolute Gasteiger partial charge is 0.288 e. The van der Waals surface area contributed by atoms with E-state index < -0.39 is 0 Å². The third-order valence-corrected chi connectivity index (χ3v) is 6.18. The van der Waals surface area contributed by atoms with Crippen molar-refractivity contribution in [2.24, 2.45) is 0 Å². The van der Waals surface area contributed by atoms with Crippen molar-refractivity contribution in [3.8, 4) is 11.8 Å². The number of pyridine rings is 1. The molecule has 156 valence electrons. The number of nitrogens with zero attached hydrogens (tertiary/aromatic N) is 2. The number of aromatic nitrogens is 1. The number of nitrogens with one attached hydrogen (secondary N) is 2. The predicted molar refractivity (Wildman–Crippen MR) is 133 cm³/mol. The lowest BCUT2D eigenvalue weighted by molar-refractivity contribution is 1.17. The molecule has 0 saturated carbocycles. The molecule has 0 spiro atoms. The van der Waals surface area contributed by atoms with Gasteiger partial charge in [-0.25, -0.2) is 4.98 Å². The second-order valence-electron chi connectivity index (χ2n) is 6.91. The van der Waals surface area contributed by atoms with Crippen molar-refractivity contribution >= 4 is 45.2 Å². The first-order valence-corrected chi connectivity index (χ1v) is 11.0. The van der Waals surface area contributed by atoms with Crippen LogP contribution in [0.3, 0.4) is 0 Å². The minimum absolute atomic E-state index is 0.280. The molecular formula is C25H23ClN4S. The Labute approximate surface area is 192 Å². The lowest BCUT2D eigenvalue weighted by Crippen LogP contribution is -2.33. The minimum atomic E-state index is 0.280. The summed E-state index contributed by atoms with van der Waals surface area (Å²) in [4.78, 5) is 6.80. The van der Waals surface area contributed by atoms with E-state index in [1.807, 2.05) is 56.3 Å². The highest BCUT2D eigenvalue weighted by Gasteiger charge is 2.25. The van der Waals surface area contributed by atoms with Crippen molar-refractivity contribution < 1.29 is 0 Å². The van der Waals surface area contributed by atoms with Gasteiger partial charge < -0.3 is 0 Å². The number of halogens is 1. The zero-order chi connectivity index (χ0) is 22.5. The molecule has 1 aromatic carbocycles. The Balaban J connectivity index is 2.19. The molecule has 0 radical (unpaired) electrons. The standard InChI is InChI=1S/C25H23ClN4S/c1-5-23(28)30(18(4)27)25-24(16(2)19-9-11-20(26)12-10-19)17(3)22(31-25)14-13-21-8-6-7-15-29-21/h6-12,15,27-28H,2,5H2,1,3-4H3. The van der Waals surface area contributed by atoms with Gasteiger partial charge in [-0.2, -0.15) is 0 Å². The van der Waals surface area contributed by atoms with Gasteiger partial charge in [-0.05, 0) is 66.7 Å². The molecule has 0 amide bonds. The Kier molecular flexibility index (Phi) is 7.06. The van der Waals surface area contributed by atoms with Crippen LogP contribution in [0.15, 0.2) is 55.2 Å². The Morgan fingerprint density at radius 1 is 1.16 bits per heavy atom. The highest BCUT2D eigenvalue weighted by atomic mass is 35.5. The van der Waals surface area contributed by atoms with Crippen LogP contribution in [0.25, 0.3) is 5.57 Å².